The molecule has 0 bridgehead atoms. The van der Waals surface area contributed by atoms with Gasteiger partial charge in [0.25, 0.3) is 0 Å². The van der Waals surface area contributed by atoms with Gasteiger partial charge in [0.15, 0.2) is 0 Å². The van der Waals surface area contributed by atoms with Gasteiger partial charge in [0.05, 0.1) is 23.7 Å². The zero-order chi connectivity index (χ0) is 17.7. The Bertz CT molecular complexity index is 923. The summed E-state index contributed by atoms with van der Waals surface area (Å²) in [6.45, 7) is 2.55. The van der Waals surface area contributed by atoms with E-state index in [2.05, 4.69) is 14.7 Å². The molecule has 8 heteroatoms. The smallest absolute Gasteiger partial charge is 0.240 e. The predicted octanol–water partition coefficient (Wildman–Crippen LogP) is 3.08. The number of pyridine rings is 1. The van der Waals surface area contributed by atoms with Crippen LogP contribution in [0, 0.1) is 0 Å². The van der Waals surface area contributed by atoms with Gasteiger partial charge in [0, 0.05) is 23.3 Å². The van der Waals surface area contributed by atoms with Gasteiger partial charge in [-0.1, -0.05) is 0 Å². The minimum atomic E-state index is -3.60. The molecular formula is C17H17N3O3S2. The van der Waals surface area contributed by atoms with Crippen LogP contribution in [-0.2, 0) is 16.6 Å². The van der Waals surface area contributed by atoms with Gasteiger partial charge in [0.2, 0.25) is 10.0 Å². The maximum absolute atomic E-state index is 12.4. The van der Waals surface area contributed by atoms with Gasteiger partial charge in [-0.05, 0) is 43.3 Å². The highest BCUT2D eigenvalue weighted by atomic mass is 32.2. The number of hydrogen-bond donors (Lipinski definition) is 1. The Balaban J connectivity index is 1.67. The van der Waals surface area contributed by atoms with E-state index in [9.17, 15) is 8.42 Å². The number of aromatic nitrogens is 2. The topological polar surface area (TPSA) is 81.2 Å². The van der Waals surface area contributed by atoms with Crippen LogP contribution in [0.4, 0.5) is 0 Å². The van der Waals surface area contributed by atoms with Gasteiger partial charge < -0.3 is 4.74 Å². The number of benzene rings is 1. The number of nitrogens with zero attached hydrogens (tertiary/aromatic N) is 2. The zero-order valence-corrected chi connectivity index (χ0v) is 15.2. The third-order valence-corrected chi connectivity index (χ3v) is 5.63. The van der Waals surface area contributed by atoms with E-state index >= 15 is 0 Å². The van der Waals surface area contributed by atoms with Crippen molar-refractivity contribution >= 4 is 21.4 Å². The molecule has 0 unspecified atom stereocenters. The molecule has 0 fully saturated rings. The summed E-state index contributed by atoms with van der Waals surface area (Å²) in [6, 6.07) is 10.1. The second-order valence-electron chi connectivity index (χ2n) is 5.10. The summed E-state index contributed by atoms with van der Waals surface area (Å²) in [4.78, 5) is 8.70. The number of thiazole rings is 1. The van der Waals surface area contributed by atoms with Crippen LogP contribution in [-0.4, -0.2) is 25.0 Å². The van der Waals surface area contributed by atoms with E-state index < -0.39 is 10.0 Å². The van der Waals surface area contributed by atoms with Crippen molar-refractivity contribution in [3.63, 3.8) is 0 Å². The summed E-state index contributed by atoms with van der Waals surface area (Å²) in [6.07, 6.45) is 3.42. The van der Waals surface area contributed by atoms with Crippen molar-refractivity contribution in [1.29, 1.82) is 0 Å². The van der Waals surface area contributed by atoms with Gasteiger partial charge in [-0.15, -0.1) is 11.3 Å². The molecule has 2 aromatic heterocycles. The Morgan fingerprint density at radius 2 is 2.00 bits per heavy atom. The maximum Gasteiger partial charge on any atom is 0.240 e. The first-order chi connectivity index (χ1) is 12.1. The molecule has 0 aliphatic rings. The van der Waals surface area contributed by atoms with Gasteiger partial charge in [0.1, 0.15) is 10.8 Å². The first kappa shape index (κ1) is 17.5. The average Bonchev–Trinajstić information content (AvgIpc) is 3.11. The van der Waals surface area contributed by atoms with Crippen molar-refractivity contribution < 1.29 is 13.2 Å². The number of ether oxygens (including phenoxy) is 1. The van der Waals surface area contributed by atoms with Crippen LogP contribution in [0.5, 0.6) is 5.75 Å². The van der Waals surface area contributed by atoms with Crippen molar-refractivity contribution in [3.8, 4) is 17.0 Å². The monoisotopic (exact) mass is 375 g/mol. The van der Waals surface area contributed by atoms with Crippen molar-refractivity contribution in [2.75, 3.05) is 6.61 Å². The molecule has 0 spiro atoms. The Hall–Kier alpha value is -2.29. The largest absolute Gasteiger partial charge is 0.494 e. The van der Waals surface area contributed by atoms with Crippen LogP contribution in [0.25, 0.3) is 11.3 Å². The molecule has 25 heavy (non-hydrogen) atoms. The lowest BCUT2D eigenvalue weighted by Crippen LogP contribution is -2.23. The SMILES string of the molecule is CCOc1ccc(S(=O)(=O)NCc2nc(-c3cccnc3)cs2)cc1. The summed E-state index contributed by atoms with van der Waals surface area (Å²) < 4.78 is 32.6. The lowest BCUT2D eigenvalue weighted by molar-refractivity contribution is 0.340. The van der Waals surface area contributed by atoms with Crippen LogP contribution >= 0.6 is 11.3 Å². The molecule has 3 rings (SSSR count). The van der Waals surface area contributed by atoms with E-state index in [4.69, 9.17) is 4.74 Å². The fourth-order valence-corrected chi connectivity index (χ4v) is 3.98. The normalized spacial score (nSPS) is 11.4. The summed E-state index contributed by atoms with van der Waals surface area (Å²) >= 11 is 1.40. The van der Waals surface area contributed by atoms with E-state index in [1.165, 1.54) is 23.5 Å². The first-order valence-electron chi connectivity index (χ1n) is 7.66. The van der Waals surface area contributed by atoms with Crippen LogP contribution in [0.2, 0.25) is 0 Å². The standard InChI is InChI=1S/C17H17N3O3S2/c1-2-23-14-5-7-15(8-6-14)25(21,22)19-11-17-20-16(12-24-17)13-4-3-9-18-10-13/h3-10,12,19H,2,11H2,1H3. The van der Waals surface area contributed by atoms with Crippen molar-refractivity contribution in [1.82, 2.24) is 14.7 Å². The summed E-state index contributed by atoms with van der Waals surface area (Å²) in [5.74, 6) is 0.641. The van der Waals surface area contributed by atoms with Crippen LogP contribution < -0.4 is 9.46 Å². The molecule has 3 aromatic rings. The Kier molecular flexibility index (Phi) is 5.42. The highest BCUT2D eigenvalue weighted by Gasteiger charge is 2.15. The van der Waals surface area contributed by atoms with Crippen molar-refractivity contribution in [2.24, 2.45) is 0 Å². The van der Waals surface area contributed by atoms with Crippen LogP contribution in [0.1, 0.15) is 11.9 Å². The van der Waals surface area contributed by atoms with Gasteiger partial charge >= 0.3 is 0 Å². The quantitative estimate of drug-likeness (QED) is 0.686. The molecule has 0 aliphatic heterocycles. The van der Waals surface area contributed by atoms with Crippen LogP contribution in [0.3, 0.4) is 0 Å². The molecule has 0 amide bonds. The number of rotatable bonds is 7. The maximum atomic E-state index is 12.4. The summed E-state index contributed by atoms with van der Waals surface area (Å²) in [5, 5.41) is 2.57. The van der Waals surface area contributed by atoms with E-state index in [0.29, 0.717) is 17.4 Å². The molecule has 130 valence electrons. The lowest BCUT2D eigenvalue weighted by Gasteiger charge is -2.07. The number of sulfonamides is 1. The van der Waals surface area contributed by atoms with Crippen molar-refractivity contribution in [3.05, 3.63) is 59.2 Å². The van der Waals surface area contributed by atoms with Gasteiger partial charge in [-0.2, -0.15) is 0 Å². The fraction of sp³-hybridized carbons (Fsp3) is 0.176. The molecule has 0 atom stereocenters. The summed E-state index contributed by atoms with van der Waals surface area (Å²) in [5.41, 5.74) is 1.69. The highest BCUT2D eigenvalue weighted by molar-refractivity contribution is 7.89. The average molecular weight is 375 g/mol. The third kappa shape index (κ3) is 4.41. The minimum absolute atomic E-state index is 0.139. The number of nitrogens with one attached hydrogen (secondary N) is 1. The van der Waals surface area contributed by atoms with Gasteiger partial charge in [-0.25, -0.2) is 18.1 Å². The zero-order valence-electron chi connectivity index (χ0n) is 13.5. The fourth-order valence-electron chi connectivity index (χ4n) is 2.16. The molecular weight excluding hydrogens is 358 g/mol. The predicted molar refractivity (Wildman–Crippen MR) is 97.0 cm³/mol. The molecule has 0 saturated carbocycles. The van der Waals surface area contributed by atoms with E-state index in [1.807, 2.05) is 24.4 Å². The Morgan fingerprint density at radius 1 is 1.20 bits per heavy atom. The highest BCUT2D eigenvalue weighted by Crippen LogP contribution is 2.21. The Labute approximate surface area is 150 Å². The third-order valence-electron chi connectivity index (χ3n) is 3.37. The molecule has 0 radical (unpaired) electrons. The minimum Gasteiger partial charge on any atom is -0.494 e. The van der Waals surface area contributed by atoms with E-state index in [0.717, 1.165) is 11.3 Å². The molecule has 2 heterocycles. The molecule has 6 nitrogen and oxygen atoms in total. The molecule has 1 N–H and O–H groups in total. The molecule has 0 saturated heterocycles. The second-order valence-corrected chi connectivity index (χ2v) is 7.81. The first-order valence-corrected chi connectivity index (χ1v) is 10.0. The van der Waals surface area contributed by atoms with Crippen molar-refractivity contribution in [2.45, 2.75) is 18.4 Å². The number of hydrogen-bond acceptors (Lipinski definition) is 6. The van der Waals surface area contributed by atoms with Gasteiger partial charge in [-0.3, -0.25) is 4.98 Å². The second kappa shape index (κ2) is 7.73. The van der Waals surface area contributed by atoms with E-state index in [-0.39, 0.29) is 11.4 Å². The summed E-state index contributed by atoms with van der Waals surface area (Å²) in [7, 11) is -3.60. The van der Waals surface area contributed by atoms with Crippen LogP contribution in [0.15, 0.2) is 59.1 Å². The van der Waals surface area contributed by atoms with E-state index in [1.54, 1.807) is 24.5 Å². The molecule has 0 aliphatic carbocycles. The lowest BCUT2D eigenvalue weighted by atomic mass is 10.2. The Morgan fingerprint density at radius 3 is 2.68 bits per heavy atom. The molecule has 1 aromatic carbocycles.